The lowest BCUT2D eigenvalue weighted by molar-refractivity contribution is -0.385. The number of hydrazone groups is 1. The molecule has 1 heterocycles. The number of aromatic nitrogens is 1. The predicted molar refractivity (Wildman–Crippen MR) is 115 cm³/mol. The number of nitro benzene ring substituents is 1. The average molecular weight is 465 g/mol. The van der Waals surface area contributed by atoms with Crippen molar-refractivity contribution in [3.8, 4) is 22.8 Å². The Morgan fingerprint density at radius 3 is 2.64 bits per heavy atom. The van der Waals surface area contributed by atoms with Gasteiger partial charge in [-0.05, 0) is 43.3 Å². The van der Waals surface area contributed by atoms with Gasteiger partial charge in [-0.25, -0.2) is 4.98 Å². The van der Waals surface area contributed by atoms with Gasteiger partial charge in [-0.2, -0.15) is 5.10 Å². The first-order valence-corrected chi connectivity index (χ1v) is 8.74. The minimum atomic E-state index is -0.492. The summed E-state index contributed by atoms with van der Waals surface area (Å²) in [7, 11) is 1.39. The molecule has 28 heavy (non-hydrogen) atoms. The number of benzene rings is 2. The smallest absolute Gasteiger partial charge is 0.311 e. The standard InChI is InChI=1S/C18H16N4O4S.BrH/c1-11(13-5-8-17(26-2)16(9-13)22(24)25)20-21-18-19-15(10-27-18)12-3-6-14(23)7-4-12;/h3-10,23H,1-2H3,(H,19,21);1H. The molecule has 0 unspecified atom stereocenters. The van der Waals surface area contributed by atoms with E-state index >= 15 is 0 Å². The van der Waals surface area contributed by atoms with Crippen LogP contribution >= 0.6 is 28.3 Å². The first-order valence-electron chi connectivity index (χ1n) is 7.86. The van der Waals surface area contributed by atoms with Crippen LogP contribution in [0.1, 0.15) is 12.5 Å². The second-order valence-corrected chi connectivity index (χ2v) is 6.40. The number of hydrogen-bond acceptors (Lipinski definition) is 8. The fraction of sp³-hybridized carbons (Fsp3) is 0.111. The van der Waals surface area contributed by atoms with E-state index in [1.54, 1.807) is 43.3 Å². The molecule has 0 aliphatic heterocycles. The molecule has 0 aliphatic rings. The minimum absolute atomic E-state index is 0. The summed E-state index contributed by atoms with van der Waals surface area (Å²) in [6.07, 6.45) is 0. The maximum atomic E-state index is 11.1. The number of anilines is 1. The van der Waals surface area contributed by atoms with Crippen molar-refractivity contribution in [1.82, 2.24) is 4.98 Å². The molecule has 3 rings (SSSR count). The zero-order valence-corrected chi connectivity index (χ0v) is 17.5. The van der Waals surface area contributed by atoms with Gasteiger partial charge in [0.05, 0.1) is 23.4 Å². The Balaban J connectivity index is 0.00000280. The van der Waals surface area contributed by atoms with Crippen LogP contribution in [0.4, 0.5) is 10.8 Å². The fourth-order valence-electron chi connectivity index (χ4n) is 2.34. The molecule has 2 N–H and O–H groups in total. The van der Waals surface area contributed by atoms with Crippen LogP contribution in [-0.2, 0) is 0 Å². The Morgan fingerprint density at radius 1 is 1.29 bits per heavy atom. The Labute approximate surface area is 175 Å². The molecule has 0 spiro atoms. The molecular formula is C18H17BrN4O4S. The summed E-state index contributed by atoms with van der Waals surface area (Å²) >= 11 is 1.38. The van der Waals surface area contributed by atoms with Crippen molar-refractivity contribution >= 4 is 44.8 Å². The van der Waals surface area contributed by atoms with Gasteiger partial charge in [-0.15, -0.1) is 28.3 Å². The number of rotatable bonds is 6. The highest BCUT2D eigenvalue weighted by atomic mass is 79.9. The van der Waals surface area contributed by atoms with Crippen molar-refractivity contribution < 1.29 is 14.8 Å². The highest BCUT2D eigenvalue weighted by molar-refractivity contribution is 8.93. The largest absolute Gasteiger partial charge is 0.508 e. The van der Waals surface area contributed by atoms with Crippen molar-refractivity contribution in [2.24, 2.45) is 5.10 Å². The van der Waals surface area contributed by atoms with Crippen molar-refractivity contribution in [2.75, 3.05) is 12.5 Å². The van der Waals surface area contributed by atoms with Crippen LogP contribution in [0, 0.1) is 10.1 Å². The molecule has 0 atom stereocenters. The maximum Gasteiger partial charge on any atom is 0.311 e. The maximum absolute atomic E-state index is 11.1. The van der Waals surface area contributed by atoms with Crippen LogP contribution in [0.15, 0.2) is 52.9 Å². The van der Waals surface area contributed by atoms with Gasteiger partial charge >= 0.3 is 5.69 Å². The normalized spacial score (nSPS) is 10.9. The predicted octanol–water partition coefficient (Wildman–Crippen LogP) is 4.85. The number of nitrogens with zero attached hydrogens (tertiary/aromatic N) is 3. The summed E-state index contributed by atoms with van der Waals surface area (Å²) in [5.41, 5.74) is 5.56. The summed E-state index contributed by atoms with van der Waals surface area (Å²) in [6.45, 7) is 1.74. The van der Waals surface area contributed by atoms with E-state index in [2.05, 4.69) is 15.5 Å². The van der Waals surface area contributed by atoms with E-state index in [1.807, 2.05) is 5.38 Å². The van der Waals surface area contributed by atoms with Crippen LogP contribution in [0.2, 0.25) is 0 Å². The molecule has 0 fully saturated rings. The molecule has 10 heteroatoms. The second kappa shape index (κ2) is 9.29. The Kier molecular flexibility index (Phi) is 7.07. The number of methoxy groups -OCH3 is 1. The molecule has 3 aromatic rings. The Bertz CT molecular complexity index is 1010. The number of phenols is 1. The van der Waals surface area contributed by atoms with Crippen LogP contribution in [0.5, 0.6) is 11.5 Å². The van der Waals surface area contributed by atoms with Crippen LogP contribution in [-0.4, -0.2) is 27.8 Å². The summed E-state index contributed by atoms with van der Waals surface area (Å²) in [4.78, 5) is 15.1. The van der Waals surface area contributed by atoms with Gasteiger partial charge < -0.3 is 9.84 Å². The first kappa shape index (κ1) is 21.3. The third-order valence-electron chi connectivity index (χ3n) is 3.78. The fourth-order valence-corrected chi connectivity index (χ4v) is 3.01. The monoisotopic (exact) mass is 464 g/mol. The summed E-state index contributed by atoms with van der Waals surface area (Å²) in [6, 6.07) is 11.4. The van der Waals surface area contributed by atoms with Crippen LogP contribution < -0.4 is 10.2 Å². The van der Waals surface area contributed by atoms with E-state index in [1.165, 1.54) is 24.5 Å². The summed E-state index contributed by atoms with van der Waals surface area (Å²) in [5, 5.41) is 27.2. The molecule has 0 saturated carbocycles. The molecule has 1 aromatic heterocycles. The van der Waals surface area contributed by atoms with Crippen LogP contribution in [0.25, 0.3) is 11.3 Å². The first-order chi connectivity index (χ1) is 13.0. The average Bonchev–Trinajstić information content (AvgIpc) is 3.15. The number of halogens is 1. The number of aromatic hydroxyl groups is 1. The van der Waals surface area contributed by atoms with Gasteiger partial charge in [0.2, 0.25) is 5.13 Å². The van der Waals surface area contributed by atoms with E-state index in [4.69, 9.17) is 4.74 Å². The highest BCUT2D eigenvalue weighted by Crippen LogP contribution is 2.28. The molecule has 146 valence electrons. The molecule has 0 saturated heterocycles. The van der Waals surface area contributed by atoms with Crippen LogP contribution in [0.3, 0.4) is 0 Å². The van der Waals surface area contributed by atoms with Crippen molar-refractivity contribution in [2.45, 2.75) is 6.92 Å². The van der Waals surface area contributed by atoms with E-state index in [0.717, 1.165) is 11.3 Å². The van der Waals surface area contributed by atoms with Gasteiger partial charge in [-0.1, -0.05) is 0 Å². The van der Waals surface area contributed by atoms with Gasteiger partial charge in [0.15, 0.2) is 5.75 Å². The highest BCUT2D eigenvalue weighted by Gasteiger charge is 2.16. The van der Waals surface area contributed by atoms with E-state index < -0.39 is 4.92 Å². The van der Waals surface area contributed by atoms with Crippen molar-refractivity contribution in [3.63, 3.8) is 0 Å². The molecular weight excluding hydrogens is 448 g/mol. The number of nitro groups is 1. The SMILES string of the molecule is Br.COc1ccc(C(C)=NNc2nc(-c3ccc(O)cc3)cs2)cc1[N+](=O)[O-]. The number of ether oxygens (including phenoxy) is 1. The Hall–Kier alpha value is -2.98. The molecule has 0 radical (unpaired) electrons. The topological polar surface area (TPSA) is 110 Å². The zero-order valence-electron chi connectivity index (χ0n) is 14.9. The summed E-state index contributed by atoms with van der Waals surface area (Å²) in [5.74, 6) is 0.393. The quantitative estimate of drug-likeness (QED) is 0.306. The number of thiazole rings is 1. The molecule has 0 amide bonds. The number of hydrogen-bond donors (Lipinski definition) is 2. The number of nitrogens with one attached hydrogen (secondary N) is 1. The van der Waals surface area contributed by atoms with Gasteiger partial charge in [0.25, 0.3) is 0 Å². The third-order valence-corrected chi connectivity index (χ3v) is 4.53. The molecule has 0 aliphatic carbocycles. The van der Waals surface area contributed by atoms with Crippen molar-refractivity contribution in [1.29, 1.82) is 0 Å². The lowest BCUT2D eigenvalue weighted by Crippen LogP contribution is -2.02. The van der Waals surface area contributed by atoms with E-state index in [9.17, 15) is 15.2 Å². The Morgan fingerprint density at radius 2 is 2.00 bits per heavy atom. The van der Waals surface area contributed by atoms with Gasteiger partial charge in [0, 0.05) is 22.6 Å². The van der Waals surface area contributed by atoms with Gasteiger partial charge in [-0.3, -0.25) is 15.5 Å². The lowest BCUT2D eigenvalue weighted by Gasteiger charge is -2.05. The third kappa shape index (κ3) is 4.84. The number of phenolic OH excluding ortho intramolecular Hbond substituents is 1. The molecule has 2 aromatic carbocycles. The molecule has 8 nitrogen and oxygen atoms in total. The summed E-state index contributed by atoms with van der Waals surface area (Å²) < 4.78 is 5.00. The zero-order chi connectivity index (χ0) is 19.4. The van der Waals surface area contributed by atoms with Gasteiger partial charge in [0.1, 0.15) is 5.75 Å². The second-order valence-electron chi connectivity index (χ2n) is 5.54. The van der Waals surface area contributed by atoms with E-state index in [-0.39, 0.29) is 34.2 Å². The van der Waals surface area contributed by atoms with Crippen molar-refractivity contribution in [3.05, 3.63) is 63.5 Å². The lowest BCUT2D eigenvalue weighted by atomic mass is 10.1. The minimum Gasteiger partial charge on any atom is -0.508 e. The molecule has 0 bridgehead atoms. The van der Waals surface area contributed by atoms with E-state index in [0.29, 0.717) is 16.4 Å².